The molecule has 0 saturated carbocycles. The van der Waals surface area contributed by atoms with Gasteiger partial charge in [-0.2, -0.15) is 0 Å². The Morgan fingerprint density at radius 1 is 1.44 bits per heavy atom. The summed E-state index contributed by atoms with van der Waals surface area (Å²) in [7, 11) is 1.59. The largest absolute Gasteiger partial charge is 0.495 e. The lowest BCUT2D eigenvalue weighted by atomic mass is 10.2. The number of carboxylic acid groups (broad SMARTS) is 1. The summed E-state index contributed by atoms with van der Waals surface area (Å²) in [5, 5.41) is 9.39. The molecule has 5 heteroatoms. The minimum Gasteiger partial charge on any atom is -0.495 e. The first-order valence-corrected chi connectivity index (χ1v) is 6.26. The van der Waals surface area contributed by atoms with Gasteiger partial charge in [0, 0.05) is 18.1 Å². The van der Waals surface area contributed by atoms with E-state index in [9.17, 15) is 4.79 Å². The van der Waals surface area contributed by atoms with E-state index in [1.165, 1.54) is 0 Å². The van der Waals surface area contributed by atoms with Gasteiger partial charge in [0.15, 0.2) is 0 Å². The lowest BCUT2D eigenvalue weighted by molar-refractivity contribution is -0.136. The molecule has 0 bridgehead atoms. The maximum atomic E-state index is 10.7. The number of benzene rings is 1. The third-order valence-corrected chi connectivity index (χ3v) is 2.81. The minimum atomic E-state index is -0.808. The first-order valence-electron chi connectivity index (χ1n) is 5.88. The molecule has 18 heavy (non-hydrogen) atoms. The smallest absolute Gasteiger partial charge is 0.305 e. The van der Waals surface area contributed by atoms with Gasteiger partial charge in [-0.1, -0.05) is 18.5 Å². The second-order valence-electron chi connectivity index (χ2n) is 3.95. The summed E-state index contributed by atoms with van der Waals surface area (Å²) in [4.78, 5) is 12.7. The molecule has 100 valence electrons. The van der Waals surface area contributed by atoms with E-state index in [0.29, 0.717) is 17.3 Å². The lowest BCUT2D eigenvalue weighted by Crippen LogP contribution is -2.27. The Kier molecular flexibility index (Phi) is 5.78. The van der Waals surface area contributed by atoms with E-state index in [-0.39, 0.29) is 6.42 Å². The second-order valence-corrected chi connectivity index (χ2v) is 4.38. The van der Waals surface area contributed by atoms with Crippen LogP contribution in [0.5, 0.6) is 5.75 Å². The van der Waals surface area contributed by atoms with Crippen LogP contribution in [0, 0.1) is 0 Å². The number of rotatable bonds is 7. The third kappa shape index (κ3) is 4.11. The maximum Gasteiger partial charge on any atom is 0.305 e. The summed E-state index contributed by atoms with van der Waals surface area (Å²) in [6.07, 6.45) is 1.02. The molecule has 1 N–H and O–H groups in total. The number of halogens is 1. The normalized spacial score (nSPS) is 10.2. The van der Waals surface area contributed by atoms with E-state index >= 15 is 0 Å². The average Bonchev–Trinajstić information content (AvgIpc) is 2.34. The molecule has 1 aromatic rings. The Morgan fingerprint density at radius 3 is 2.72 bits per heavy atom. The number of hydrogen-bond acceptors (Lipinski definition) is 3. The molecular formula is C13H18ClNO3. The fourth-order valence-corrected chi connectivity index (χ4v) is 1.93. The van der Waals surface area contributed by atoms with Crippen LogP contribution in [-0.4, -0.2) is 31.3 Å². The van der Waals surface area contributed by atoms with Gasteiger partial charge in [0.1, 0.15) is 5.75 Å². The molecule has 1 rings (SSSR count). The quantitative estimate of drug-likeness (QED) is 0.828. The van der Waals surface area contributed by atoms with Crippen molar-refractivity contribution in [1.29, 1.82) is 0 Å². The molecule has 0 unspecified atom stereocenters. The van der Waals surface area contributed by atoms with Crippen LogP contribution in [0.2, 0.25) is 5.02 Å². The Morgan fingerprint density at radius 2 is 2.17 bits per heavy atom. The number of anilines is 1. The molecule has 0 aliphatic heterocycles. The first kappa shape index (κ1) is 14.6. The summed E-state index contributed by atoms with van der Waals surface area (Å²) in [5.41, 5.74) is 0.841. The van der Waals surface area contributed by atoms with Crippen LogP contribution >= 0.6 is 11.6 Å². The van der Waals surface area contributed by atoms with Crippen molar-refractivity contribution in [2.24, 2.45) is 0 Å². The number of ether oxygens (including phenoxy) is 1. The highest BCUT2D eigenvalue weighted by molar-refractivity contribution is 6.30. The molecule has 0 amide bonds. The SMILES string of the molecule is CCCN(CCC(=O)O)c1cc(Cl)ccc1OC. The van der Waals surface area contributed by atoms with Gasteiger partial charge in [0.2, 0.25) is 0 Å². The Hall–Kier alpha value is -1.42. The molecule has 1 aromatic carbocycles. The molecule has 0 spiro atoms. The highest BCUT2D eigenvalue weighted by Gasteiger charge is 2.13. The standard InChI is InChI=1S/C13H18ClNO3/c1-3-7-15(8-6-13(16)17)11-9-10(14)4-5-12(11)18-2/h4-5,9H,3,6-8H2,1-2H3,(H,16,17). The van der Waals surface area contributed by atoms with Crippen molar-refractivity contribution >= 4 is 23.3 Å². The summed E-state index contributed by atoms with van der Waals surface area (Å²) in [5.74, 6) is -0.102. The van der Waals surface area contributed by atoms with Gasteiger partial charge in [-0.3, -0.25) is 4.79 Å². The summed E-state index contributed by atoms with van der Waals surface area (Å²) >= 11 is 5.98. The van der Waals surface area contributed by atoms with Crippen molar-refractivity contribution in [1.82, 2.24) is 0 Å². The zero-order chi connectivity index (χ0) is 13.5. The topological polar surface area (TPSA) is 49.8 Å². The molecule has 0 radical (unpaired) electrons. The maximum absolute atomic E-state index is 10.7. The fourth-order valence-electron chi connectivity index (χ4n) is 1.76. The predicted octanol–water partition coefficient (Wildman–Crippen LogP) is 3.04. The van der Waals surface area contributed by atoms with Crippen molar-refractivity contribution in [3.8, 4) is 5.75 Å². The Labute approximate surface area is 112 Å². The van der Waals surface area contributed by atoms with E-state index < -0.39 is 5.97 Å². The van der Waals surface area contributed by atoms with E-state index in [0.717, 1.165) is 18.7 Å². The third-order valence-electron chi connectivity index (χ3n) is 2.57. The van der Waals surface area contributed by atoms with E-state index in [4.69, 9.17) is 21.4 Å². The number of methoxy groups -OCH3 is 1. The van der Waals surface area contributed by atoms with Gasteiger partial charge >= 0.3 is 5.97 Å². The number of carbonyl (C=O) groups is 1. The van der Waals surface area contributed by atoms with E-state index in [2.05, 4.69) is 0 Å². The summed E-state index contributed by atoms with van der Waals surface area (Å²) in [6.45, 7) is 3.26. The average molecular weight is 272 g/mol. The molecule has 0 fully saturated rings. The molecule has 0 aliphatic rings. The van der Waals surface area contributed by atoms with Crippen molar-refractivity contribution in [2.75, 3.05) is 25.1 Å². The Bertz CT molecular complexity index is 409. The van der Waals surface area contributed by atoms with Crippen molar-refractivity contribution in [2.45, 2.75) is 19.8 Å². The molecule has 0 saturated heterocycles. The minimum absolute atomic E-state index is 0.0929. The van der Waals surface area contributed by atoms with Crippen LogP contribution in [0.4, 0.5) is 5.69 Å². The highest BCUT2D eigenvalue weighted by Crippen LogP contribution is 2.31. The van der Waals surface area contributed by atoms with Crippen LogP contribution in [0.25, 0.3) is 0 Å². The molecule has 4 nitrogen and oxygen atoms in total. The summed E-state index contributed by atoms with van der Waals surface area (Å²) < 4.78 is 5.29. The van der Waals surface area contributed by atoms with Gasteiger partial charge in [0.05, 0.1) is 19.2 Å². The van der Waals surface area contributed by atoms with Gasteiger partial charge in [0.25, 0.3) is 0 Å². The van der Waals surface area contributed by atoms with Crippen LogP contribution in [0.3, 0.4) is 0 Å². The fraction of sp³-hybridized carbons (Fsp3) is 0.462. The summed E-state index contributed by atoms with van der Waals surface area (Å²) in [6, 6.07) is 5.35. The molecule has 0 heterocycles. The van der Waals surface area contributed by atoms with Crippen LogP contribution in [0.15, 0.2) is 18.2 Å². The van der Waals surface area contributed by atoms with Crippen molar-refractivity contribution in [3.63, 3.8) is 0 Å². The van der Waals surface area contributed by atoms with Crippen LogP contribution < -0.4 is 9.64 Å². The molecule has 0 aliphatic carbocycles. The molecule has 0 atom stereocenters. The first-order chi connectivity index (χ1) is 8.58. The van der Waals surface area contributed by atoms with E-state index in [1.54, 1.807) is 25.3 Å². The van der Waals surface area contributed by atoms with Gasteiger partial charge < -0.3 is 14.7 Å². The monoisotopic (exact) mass is 271 g/mol. The van der Waals surface area contributed by atoms with Crippen molar-refractivity contribution in [3.05, 3.63) is 23.2 Å². The number of nitrogens with zero attached hydrogens (tertiary/aromatic N) is 1. The van der Waals surface area contributed by atoms with Gasteiger partial charge in [-0.05, 0) is 24.6 Å². The lowest BCUT2D eigenvalue weighted by Gasteiger charge is -2.25. The second kappa shape index (κ2) is 7.11. The number of hydrogen-bond donors (Lipinski definition) is 1. The molecular weight excluding hydrogens is 254 g/mol. The van der Waals surface area contributed by atoms with Crippen LogP contribution in [0.1, 0.15) is 19.8 Å². The van der Waals surface area contributed by atoms with E-state index in [1.807, 2.05) is 11.8 Å². The zero-order valence-corrected chi connectivity index (χ0v) is 11.4. The van der Waals surface area contributed by atoms with Gasteiger partial charge in [-0.25, -0.2) is 0 Å². The van der Waals surface area contributed by atoms with Crippen molar-refractivity contribution < 1.29 is 14.6 Å². The number of carboxylic acids is 1. The van der Waals surface area contributed by atoms with Crippen LogP contribution in [-0.2, 0) is 4.79 Å². The molecule has 0 aromatic heterocycles. The Balaban J connectivity index is 2.95. The highest BCUT2D eigenvalue weighted by atomic mass is 35.5. The number of aliphatic carboxylic acids is 1. The predicted molar refractivity (Wildman–Crippen MR) is 72.8 cm³/mol. The van der Waals surface area contributed by atoms with Gasteiger partial charge in [-0.15, -0.1) is 0 Å². The zero-order valence-electron chi connectivity index (χ0n) is 10.6.